The van der Waals surface area contributed by atoms with Crippen molar-refractivity contribution in [3.8, 4) is 0 Å². The Balaban J connectivity index is 4.54. The third-order valence-corrected chi connectivity index (χ3v) is 10.8. The van der Waals surface area contributed by atoms with E-state index in [0.717, 1.165) is 57.8 Å². The molecule has 0 bridgehead atoms. The number of nitrogens with zero attached hydrogens (tertiary/aromatic N) is 1. The van der Waals surface area contributed by atoms with Gasteiger partial charge in [-0.3, -0.25) is 9.36 Å². The summed E-state index contributed by atoms with van der Waals surface area (Å²) < 4.78 is 23.2. The molecule has 0 aromatic rings. The number of aliphatic hydroxyl groups is 1. The van der Waals surface area contributed by atoms with Gasteiger partial charge in [-0.05, 0) is 57.8 Å². The minimum Gasteiger partial charge on any atom is -0.756 e. The molecule has 59 heavy (non-hydrogen) atoms. The van der Waals surface area contributed by atoms with Crippen molar-refractivity contribution in [2.45, 2.75) is 187 Å². The molecule has 340 valence electrons. The highest BCUT2D eigenvalue weighted by Gasteiger charge is 2.23. The number of hydrogen-bond donors (Lipinski definition) is 2. The summed E-state index contributed by atoms with van der Waals surface area (Å²) in [6.07, 6.45) is 56.5. The molecule has 0 spiro atoms. The number of carbonyl (C=O) groups is 1. The molecule has 2 N–H and O–H groups in total. The highest BCUT2D eigenvalue weighted by atomic mass is 31.2. The number of unbranched alkanes of at least 4 members (excludes halogenated alkanes) is 16. The SMILES string of the molecule is CC/C=C\C/C=C\C/C=C\C/C=C\C/C=C\C/C=C\CCC(=O)NC(COP(=O)([O-])OCC[N+](C)(C)C)C(O)/C=C/CCCCCCCCCCCCCCCCCC. The van der Waals surface area contributed by atoms with Crippen LogP contribution in [0.3, 0.4) is 0 Å². The molecule has 0 saturated carbocycles. The van der Waals surface area contributed by atoms with Gasteiger partial charge in [0, 0.05) is 6.42 Å². The van der Waals surface area contributed by atoms with Crippen molar-refractivity contribution in [1.82, 2.24) is 5.32 Å². The largest absolute Gasteiger partial charge is 0.756 e. The molecule has 8 nitrogen and oxygen atoms in total. The van der Waals surface area contributed by atoms with Gasteiger partial charge in [-0.2, -0.15) is 0 Å². The Bertz CT molecular complexity index is 1230. The number of phosphoric acid groups is 1. The van der Waals surface area contributed by atoms with E-state index in [1.54, 1.807) is 6.08 Å². The van der Waals surface area contributed by atoms with E-state index in [1.165, 1.54) is 89.9 Å². The molecule has 0 aliphatic carbocycles. The fourth-order valence-corrected chi connectivity index (χ4v) is 6.90. The molecule has 0 aromatic carbocycles. The summed E-state index contributed by atoms with van der Waals surface area (Å²) in [6.45, 7) is 4.46. The Labute approximate surface area is 363 Å². The number of aliphatic hydroxyl groups excluding tert-OH is 1. The number of nitrogens with one attached hydrogen (secondary N) is 1. The minimum absolute atomic E-state index is 0.0188. The third kappa shape index (κ3) is 43.6. The van der Waals surface area contributed by atoms with E-state index in [-0.39, 0.29) is 18.9 Å². The van der Waals surface area contributed by atoms with Crippen molar-refractivity contribution in [3.05, 3.63) is 85.1 Å². The van der Waals surface area contributed by atoms with Crippen molar-refractivity contribution in [3.63, 3.8) is 0 Å². The van der Waals surface area contributed by atoms with Crippen LogP contribution >= 0.6 is 7.82 Å². The lowest BCUT2D eigenvalue weighted by Crippen LogP contribution is -2.45. The molecule has 0 rings (SSSR count). The van der Waals surface area contributed by atoms with Gasteiger partial charge in [0.2, 0.25) is 5.91 Å². The zero-order valence-electron chi connectivity index (χ0n) is 38.4. The van der Waals surface area contributed by atoms with Crippen LogP contribution in [0, 0.1) is 0 Å². The lowest BCUT2D eigenvalue weighted by molar-refractivity contribution is -0.870. The van der Waals surface area contributed by atoms with E-state index in [0.29, 0.717) is 17.4 Å². The Morgan fingerprint density at radius 3 is 1.47 bits per heavy atom. The molecule has 0 radical (unpaired) electrons. The number of amides is 1. The molecular formula is C50H89N2O6P. The van der Waals surface area contributed by atoms with Gasteiger partial charge in [0.25, 0.3) is 7.82 Å². The molecule has 0 aliphatic heterocycles. The van der Waals surface area contributed by atoms with Crippen LogP contribution < -0.4 is 10.2 Å². The van der Waals surface area contributed by atoms with Crippen molar-refractivity contribution in [1.29, 1.82) is 0 Å². The van der Waals surface area contributed by atoms with E-state index >= 15 is 0 Å². The first-order valence-electron chi connectivity index (χ1n) is 23.4. The van der Waals surface area contributed by atoms with Gasteiger partial charge in [-0.25, -0.2) is 0 Å². The molecule has 0 heterocycles. The summed E-state index contributed by atoms with van der Waals surface area (Å²) in [7, 11) is 1.20. The summed E-state index contributed by atoms with van der Waals surface area (Å²) in [6, 6.07) is -0.931. The zero-order chi connectivity index (χ0) is 43.6. The first-order chi connectivity index (χ1) is 28.5. The van der Waals surface area contributed by atoms with Crippen LogP contribution in [0.2, 0.25) is 0 Å². The average Bonchev–Trinajstić information content (AvgIpc) is 3.19. The number of quaternary nitrogens is 1. The normalized spacial score (nSPS) is 15.0. The van der Waals surface area contributed by atoms with Crippen LogP contribution in [-0.2, 0) is 18.4 Å². The van der Waals surface area contributed by atoms with Crippen molar-refractivity contribution in [2.75, 3.05) is 40.9 Å². The molecule has 0 aromatic heterocycles. The second-order valence-corrected chi connectivity index (χ2v) is 18.1. The molecule has 1 amide bonds. The Morgan fingerprint density at radius 2 is 1.03 bits per heavy atom. The Kier molecular flexibility index (Phi) is 39.4. The van der Waals surface area contributed by atoms with Gasteiger partial charge in [-0.1, -0.05) is 195 Å². The summed E-state index contributed by atoms with van der Waals surface area (Å²) in [4.78, 5) is 25.3. The molecule has 3 atom stereocenters. The molecule has 3 unspecified atom stereocenters. The molecule has 0 fully saturated rings. The van der Waals surface area contributed by atoms with E-state index in [1.807, 2.05) is 39.4 Å². The zero-order valence-corrected chi connectivity index (χ0v) is 39.3. The van der Waals surface area contributed by atoms with Crippen molar-refractivity contribution < 1.29 is 32.9 Å². The maximum Gasteiger partial charge on any atom is 0.268 e. The smallest absolute Gasteiger partial charge is 0.268 e. The van der Waals surface area contributed by atoms with Crippen LogP contribution in [-0.4, -0.2) is 68.5 Å². The number of allylic oxidation sites excluding steroid dienone is 13. The van der Waals surface area contributed by atoms with Gasteiger partial charge in [0.1, 0.15) is 13.2 Å². The van der Waals surface area contributed by atoms with Crippen LogP contribution in [0.15, 0.2) is 85.1 Å². The lowest BCUT2D eigenvalue weighted by Gasteiger charge is -2.29. The summed E-state index contributed by atoms with van der Waals surface area (Å²) in [5.41, 5.74) is 0. The fraction of sp³-hybridized carbons (Fsp3) is 0.700. The molecule has 0 aliphatic rings. The van der Waals surface area contributed by atoms with Crippen LogP contribution in [0.1, 0.15) is 174 Å². The highest BCUT2D eigenvalue weighted by molar-refractivity contribution is 7.45. The maximum atomic E-state index is 12.8. The van der Waals surface area contributed by atoms with Crippen LogP contribution in [0.5, 0.6) is 0 Å². The van der Waals surface area contributed by atoms with Crippen molar-refractivity contribution in [2.24, 2.45) is 0 Å². The molecular weight excluding hydrogens is 756 g/mol. The Hall–Kier alpha value is -2.32. The predicted octanol–water partition coefficient (Wildman–Crippen LogP) is 12.7. The third-order valence-electron chi connectivity index (χ3n) is 9.87. The highest BCUT2D eigenvalue weighted by Crippen LogP contribution is 2.38. The van der Waals surface area contributed by atoms with Gasteiger partial charge >= 0.3 is 0 Å². The topological polar surface area (TPSA) is 108 Å². The number of phosphoric ester groups is 1. The average molecular weight is 845 g/mol. The first-order valence-corrected chi connectivity index (χ1v) is 24.9. The number of rotatable bonds is 41. The fourth-order valence-electron chi connectivity index (χ4n) is 6.17. The minimum atomic E-state index is -4.61. The van der Waals surface area contributed by atoms with Crippen LogP contribution in [0.4, 0.5) is 0 Å². The summed E-state index contributed by atoms with van der Waals surface area (Å²) in [5, 5.41) is 13.7. The monoisotopic (exact) mass is 845 g/mol. The van der Waals surface area contributed by atoms with Crippen molar-refractivity contribution >= 4 is 13.7 Å². The van der Waals surface area contributed by atoms with E-state index in [2.05, 4.69) is 79.9 Å². The second kappa shape index (κ2) is 41.1. The van der Waals surface area contributed by atoms with E-state index in [4.69, 9.17) is 9.05 Å². The van der Waals surface area contributed by atoms with E-state index in [9.17, 15) is 19.4 Å². The van der Waals surface area contributed by atoms with Gasteiger partial charge in [-0.15, -0.1) is 0 Å². The van der Waals surface area contributed by atoms with E-state index < -0.39 is 26.6 Å². The quantitative estimate of drug-likeness (QED) is 0.0275. The first kappa shape index (κ1) is 56.7. The lowest BCUT2D eigenvalue weighted by atomic mass is 10.0. The van der Waals surface area contributed by atoms with Gasteiger partial charge < -0.3 is 28.8 Å². The van der Waals surface area contributed by atoms with Gasteiger partial charge in [0.15, 0.2) is 0 Å². The number of carbonyl (C=O) groups excluding carboxylic acids is 1. The molecule has 9 heteroatoms. The van der Waals surface area contributed by atoms with Gasteiger partial charge in [0.05, 0.1) is 39.9 Å². The standard InChI is InChI=1S/C50H89N2O6P/c1-6-8-10-12-14-16-18-20-22-24-26-28-30-32-34-36-38-40-42-44-50(54)51-48(47-58-59(55,56)57-46-45-52(3,4)5)49(53)43-41-39-37-35-33-31-29-27-25-23-21-19-17-15-13-11-9-7-2/h8,10,14,16,20,22,26,28,32,34,38,40-41,43,48-49,53H,6-7,9,11-13,15,17-19,21,23-25,27,29-31,33,35-37,39,42,44-47H2,1-5H3,(H-,51,54,55,56)/b10-8-,16-14-,22-20-,28-26-,34-32-,40-38-,43-41+. The second-order valence-electron chi connectivity index (χ2n) is 16.7. The number of hydrogen-bond acceptors (Lipinski definition) is 6. The number of likely N-dealkylation sites (N-methyl/N-ethyl adjacent to an activating group) is 1. The predicted molar refractivity (Wildman–Crippen MR) is 251 cm³/mol. The molecule has 0 saturated heterocycles. The summed E-state index contributed by atoms with van der Waals surface area (Å²) >= 11 is 0. The summed E-state index contributed by atoms with van der Waals surface area (Å²) in [5.74, 6) is -0.282. The maximum absolute atomic E-state index is 12.8. The Morgan fingerprint density at radius 1 is 0.610 bits per heavy atom. The van der Waals surface area contributed by atoms with Crippen LogP contribution in [0.25, 0.3) is 0 Å².